The molecule has 4 rings (SSSR count). The van der Waals surface area contributed by atoms with Crippen molar-refractivity contribution in [1.82, 2.24) is 4.98 Å². The quantitative estimate of drug-likeness (QED) is 0.299. The van der Waals surface area contributed by atoms with Crippen molar-refractivity contribution in [2.45, 2.75) is 45.4 Å². The lowest BCUT2D eigenvalue weighted by Crippen LogP contribution is -1.99. The smallest absolute Gasteiger partial charge is 0.127 e. The minimum absolute atomic E-state index is 0.784. The Bertz CT molecular complexity index is 1050. The van der Waals surface area contributed by atoms with Crippen molar-refractivity contribution in [1.29, 1.82) is 0 Å². The number of ether oxygens (including phenoxy) is 1. The standard InChI is InChI=1S/C26H29NO/c1-2-3-4-5-6-11-19-28-25-18-10-8-14-21(25)23-16-12-15-22-20-13-7-9-17-24(20)27-26(22)23/h7-10,12-18,27H,2-6,11,19H2,1H3. The number of aromatic amines is 1. The van der Waals surface area contributed by atoms with Gasteiger partial charge in [0.15, 0.2) is 0 Å². The van der Waals surface area contributed by atoms with E-state index in [1.165, 1.54) is 59.5 Å². The zero-order chi connectivity index (χ0) is 19.2. The number of aromatic nitrogens is 1. The van der Waals surface area contributed by atoms with Crippen molar-refractivity contribution < 1.29 is 4.74 Å². The first-order valence-electron chi connectivity index (χ1n) is 10.6. The van der Waals surface area contributed by atoms with Crippen LogP contribution in [0.1, 0.15) is 45.4 Å². The van der Waals surface area contributed by atoms with Crippen molar-refractivity contribution >= 4 is 21.8 Å². The number of hydrogen-bond acceptors (Lipinski definition) is 1. The third-order valence-electron chi connectivity index (χ3n) is 5.47. The Hall–Kier alpha value is -2.74. The summed E-state index contributed by atoms with van der Waals surface area (Å²) in [5.74, 6) is 0.974. The molecule has 1 aromatic heterocycles. The first-order chi connectivity index (χ1) is 13.9. The van der Waals surface area contributed by atoms with Crippen molar-refractivity contribution in [2.75, 3.05) is 6.61 Å². The summed E-state index contributed by atoms with van der Waals surface area (Å²) in [4.78, 5) is 3.61. The fraction of sp³-hybridized carbons (Fsp3) is 0.308. The fourth-order valence-electron chi connectivity index (χ4n) is 3.98. The van der Waals surface area contributed by atoms with Crippen molar-refractivity contribution in [3.05, 3.63) is 66.7 Å². The van der Waals surface area contributed by atoms with Crippen LogP contribution in [0, 0.1) is 0 Å². The van der Waals surface area contributed by atoms with E-state index < -0.39 is 0 Å². The summed E-state index contributed by atoms with van der Waals surface area (Å²) in [6.07, 6.45) is 7.67. The first-order valence-corrected chi connectivity index (χ1v) is 10.6. The van der Waals surface area contributed by atoms with Crippen LogP contribution in [-0.4, -0.2) is 11.6 Å². The second kappa shape index (κ2) is 8.97. The molecule has 0 saturated carbocycles. The monoisotopic (exact) mass is 371 g/mol. The van der Waals surface area contributed by atoms with Gasteiger partial charge in [0.2, 0.25) is 0 Å². The largest absolute Gasteiger partial charge is 0.493 e. The number of nitrogens with one attached hydrogen (secondary N) is 1. The molecular weight excluding hydrogens is 342 g/mol. The molecule has 0 aliphatic rings. The van der Waals surface area contributed by atoms with Gasteiger partial charge in [0, 0.05) is 27.4 Å². The van der Waals surface area contributed by atoms with Crippen LogP contribution < -0.4 is 4.74 Å². The number of para-hydroxylation sites is 3. The van der Waals surface area contributed by atoms with Crippen LogP contribution in [0.2, 0.25) is 0 Å². The molecule has 2 nitrogen and oxygen atoms in total. The molecule has 0 unspecified atom stereocenters. The fourth-order valence-corrected chi connectivity index (χ4v) is 3.98. The zero-order valence-electron chi connectivity index (χ0n) is 16.7. The van der Waals surface area contributed by atoms with Crippen LogP contribution in [0.5, 0.6) is 5.75 Å². The number of hydrogen-bond donors (Lipinski definition) is 1. The van der Waals surface area contributed by atoms with Crippen LogP contribution in [0.3, 0.4) is 0 Å². The molecule has 0 amide bonds. The lowest BCUT2D eigenvalue weighted by atomic mass is 10.0. The summed E-state index contributed by atoms with van der Waals surface area (Å²) in [6, 6.07) is 23.4. The second-order valence-electron chi connectivity index (χ2n) is 7.51. The average molecular weight is 372 g/mol. The predicted molar refractivity (Wildman–Crippen MR) is 120 cm³/mol. The summed E-state index contributed by atoms with van der Waals surface area (Å²) in [7, 11) is 0. The van der Waals surface area contributed by atoms with Crippen LogP contribution in [-0.2, 0) is 0 Å². The molecule has 0 aliphatic carbocycles. The summed E-state index contributed by atoms with van der Waals surface area (Å²) in [5.41, 5.74) is 4.72. The normalized spacial score (nSPS) is 11.3. The van der Waals surface area contributed by atoms with E-state index >= 15 is 0 Å². The lowest BCUT2D eigenvalue weighted by Gasteiger charge is -2.12. The molecule has 28 heavy (non-hydrogen) atoms. The number of rotatable bonds is 9. The van der Waals surface area contributed by atoms with Gasteiger partial charge in [-0.15, -0.1) is 0 Å². The molecule has 0 radical (unpaired) electrons. The molecule has 0 aliphatic heterocycles. The highest BCUT2D eigenvalue weighted by atomic mass is 16.5. The highest BCUT2D eigenvalue weighted by molar-refractivity contribution is 6.12. The maximum Gasteiger partial charge on any atom is 0.127 e. The van der Waals surface area contributed by atoms with Crippen molar-refractivity contribution in [2.24, 2.45) is 0 Å². The van der Waals surface area contributed by atoms with Gasteiger partial charge in [-0.3, -0.25) is 0 Å². The second-order valence-corrected chi connectivity index (χ2v) is 7.51. The maximum absolute atomic E-state index is 6.21. The van der Waals surface area contributed by atoms with E-state index in [4.69, 9.17) is 4.74 Å². The van der Waals surface area contributed by atoms with Crippen LogP contribution >= 0.6 is 0 Å². The Balaban J connectivity index is 1.57. The van der Waals surface area contributed by atoms with Crippen LogP contribution in [0.15, 0.2) is 66.7 Å². The van der Waals surface area contributed by atoms with Gasteiger partial charge < -0.3 is 9.72 Å². The Morgan fingerprint density at radius 3 is 2.32 bits per heavy atom. The van der Waals surface area contributed by atoms with Crippen molar-refractivity contribution in [3.63, 3.8) is 0 Å². The van der Waals surface area contributed by atoms with Gasteiger partial charge in [-0.25, -0.2) is 0 Å². The Labute approximate surface area is 167 Å². The topological polar surface area (TPSA) is 25.0 Å². The molecule has 0 atom stereocenters. The highest BCUT2D eigenvalue weighted by Crippen LogP contribution is 2.37. The van der Waals surface area contributed by atoms with E-state index in [9.17, 15) is 0 Å². The molecule has 2 heteroatoms. The lowest BCUT2D eigenvalue weighted by molar-refractivity contribution is 0.305. The van der Waals surface area contributed by atoms with Gasteiger partial charge in [0.1, 0.15) is 5.75 Å². The number of fused-ring (bicyclic) bond motifs is 3. The first kappa shape index (κ1) is 18.6. The zero-order valence-corrected chi connectivity index (χ0v) is 16.7. The van der Waals surface area contributed by atoms with E-state index in [0.29, 0.717) is 0 Å². The van der Waals surface area contributed by atoms with E-state index in [1.54, 1.807) is 0 Å². The third kappa shape index (κ3) is 3.91. The molecule has 3 aromatic carbocycles. The van der Waals surface area contributed by atoms with E-state index in [1.807, 2.05) is 0 Å². The molecule has 0 spiro atoms. The summed E-state index contributed by atoms with van der Waals surface area (Å²) >= 11 is 0. The van der Waals surface area contributed by atoms with E-state index in [0.717, 1.165) is 24.3 Å². The number of H-pyrrole nitrogens is 1. The average Bonchev–Trinajstić information content (AvgIpc) is 3.12. The van der Waals surface area contributed by atoms with Gasteiger partial charge in [0.05, 0.1) is 12.1 Å². The molecule has 0 fully saturated rings. The maximum atomic E-state index is 6.21. The highest BCUT2D eigenvalue weighted by Gasteiger charge is 2.12. The number of unbranched alkanes of at least 4 members (excludes halogenated alkanes) is 5. The van der Waals surface area contributed by atoms with Crippen LogP contribution in [0.25, 0.3) is 32.9 Å². The molecule has 1 N–H and O–H groups in total. The minimum Gasteiger partial charge on any atom is -0.493 e. The Morgan fingerprint density at radius 1 is 0.679 bits per heavy atom. The van der Waals surface area contributed by atoms with Gasteiger partial charge in [-0.1, -0.05) is 93.6 Å². The summed E-state index contributed by atoms with van der Waals surface area (Å²) in [5, 5.41) is 2.53. The van der Waals surface area contributed by atoms with Crippen molar-refractivity contribution in [3.8, 4) is 16.9 Å². The SMILES string of the molecule is CCCCCCCCOc1ccccc1-c1cccc2c1[nH]c1ccccc12. The number of benzene rings is 3. The molecule has 0 bridgehead atoms. The summed E-state index contributed by atoms with van der Waals surface area (Å²) < 4.78 is 6.21. The molecule has 144 valence electrons. The van der Waals surface area contributed by atoms with Crippen LogP contribution in [0.4, 0.5) is 0 Å². The Morgan fingerprint density at radius 2 is 1.39 bits per heavy atom. The van der Waals surface area contributed by atoms with Gasteiger partial charge in [-0.2, -0.15) is 0 Å². The van der Waals surface area contributed by atoms with Gasteiger partial charge >= 0.3 is 0 Å². The van der Waals surface area contributed by atoms with Gasteiger partial charge in [0.25, 0.3) is 0 Å². The van der Waals surface area contributed by atoms with E-state index in [2.05, 4.69) is 78.6 Å². The molecular formula is C26H29NO. The minimum atomic E-state index is 0.784. The molecule has 4 aromatic rings. The molecule has 1 heterocycles. The Kier molecular flexibility index (Phi) is 5.96. The summed E-state index contributed by atoms with van der Waals surface area (Å²) in [6.45, 7) is 3.04. The van der Waals surface area contributed by atoms with Gasteiger partial charge in [-0.05, 0) is 18.6 Å². The predicted octanol–water partition coefficient (Wildman–Crippen LogP) is 7.73. The molecule has 0 saturated heterocycles. The third-order valence-corrected chi connectivity index (χ3v) is 5.47. The van der Waals surface area contributed by atoms with E-state index in [-0.39, 0.29) is 0 Å².